The summed E-state index contributed by atoms with van der Waals surface area (Å²) in [5.41, 5.74) is 2.69. The van der Waals surface area contributed by atoms with Gasteiger partial charge in [-0.1, -0.05) is 53.1 Å². The maximum atomic E-state index is 13.7. The largest absolute Gasteiger partial charge is 0.348 e. The number of rotatable bonds is 2. The fraction of sp³-hybridized carbons (Fsp3) is 0.304. The summed E-state index contributed by atoms with van der Waals surface area (Å²) in [4.78, 5) is 26.5. The first kappa shape index (κ1) is 18.7. The average Bonchev–Trinajstić information content (AvgIpc) is 3.31. The first-order chi connectivity index (χ1) is 14.0. The van der Waals surface area contributed by atoms with E-state index < -0.39 is 11.5 Å². The molecule has 29 heavy (non-hydrogen) atoms. The number of piperidine rings is 1. The van der Waals surface area contributed by atoms with E-state index in [1.54, 1.807) is 12.1 Å². The third-order valence-electron chi connectivity index (χ3n) is 6.45. The molecule has 0 saturated carbocycles. The monoisotopic (exact) mass is 426 g/mol. The Morgan fingerprint density at radius 3 is 2.62 bits per heavy atom. The van der Waals surface area contributed by atoms with Gasteiger partial charge in [-0.3, -0.25) is 9.59 Å². The number of allylic oxidation sites excluding steroid dienone is 1. The minimum Gasteiger partial charge on any atom is -0.348 e. The highest BCUT2D eigenvalue weighted by Gasteiger charge is 2.61. The molecule has 2 amide bonds. The van der Waals surface area contributed by atoms with Gasteiger partial charge in [-0.05, 0) is 54.7 Å². The van der Waals surface area contributed by atoms with Gasteiger partial charge in [0.15, 0.2) is 0 Å². The second-order valence-corrected chi connectivity index (χ2v) is 8.87. The molecule has 0 bridgehead atoms. The minimum absolute atomic E-state index is 0.0476. The highest BCUT2D eigenvalue weighted by Crippen LogP contribution is 2.55. The van der Waals surface area contributed by atoms with Gasteiger partial charge in [0.05, 0.1) is 6.04 Å². The molecule has 2 heterocycles. The zero-order valence-electron chi connectivity index (χ0n) is 15.7. The predicted molar refractivity (Wildman–Crippen MR) is 114 cm³/mol. The van der Waals surface area contributed by atoms with Gasteiger partial charge in [0, 0.05) is 28.1 Å². The smallest absolute Gasteiger partial charge is 0.238 e. The molecule has 3 aliphatic rings. The quantitative estimate of drug-likeness (QED) is 0.666. The summed E-state index contributed by atoms with van der Waals surface area (Å²) < 4.78 is 0. The topological polar surface area (TPSA) is 58.2 Å². The molecule has 1 fully saturated rings. The second kappa shape index (κ2) is 6.89. The van der Waals surface area contributed by atoms with Crippen molar-refractivity contribution in [3.8, 4) is 0 Å². The van der Waals surface area contributed by atoms with E-state index in [2.05, 4.69) is 16.7 Å². The van der Waals surface area contributed by atoms with Crippen LogP contribution in [-0.2, 0) is 15.0 Å². The lowest BCUT2D eigenvalue weighted by Crippen LogP contribution is -2.62. The van der Waals surface area contributed by atoms with E-state index >= 15 is 0 Å². The van der Waals surface area contributed by atoms with Gasteiger partial charge in [0.2, 0.25) is 11.8 Å². The minimum atomic E-state index is -0.936. The molecule has 5 rings (SSSR count). The molecule has 1 spiro atoms. The molecular formula is C23H20Cl2N2O2. The molecule has 4 nitrogen and oxygen atoms in total. The summed E-state index contributed by atoms with van der Waals surface area (Å²) in [6.07, 6.45) is 5.28. The lowest BCUT2D eigenvalue weighted by atomic mass is 9.59. The fourth-order valence-electron chi connectivity index (χ4n) is 5.29. The number of benzene rings is 2. The number of carbonyl (C=O) groups excluding carboxylic acids is 2. The lowest BCUT2D eigenvalue weighted by molar-refractivity contribution is -0.130. The van der Waals surface area contributed by atoms with Crippen molar-refractivity contribution in [2.24, 2.45) is 0 Å². The van der Waals surface area contributed by atoms with Crippen LogP contribution in [0.4, 0.5) is 5.69 Å². The number of amides is 2. The zero-order valence-corrected chi connectivity index (χ0v) is 17.2. The van der Waals surface area contributed by atoms with Crippen LogP contribution in [0.5, 0.6) is 0 Å². The highest BCUT2D eigenvalue weighted by molar-refractivity contribution is 6.31. The van der Waals surface area contributed by atoms with Crippen molar-refractivity contribution in [1.82, 2.24) is 5.32 Å². The van der Waals surface area contributed by atoms with Crippen LogP contribution in [0, 0.1) is 0 Å². The van der Waals surface area contributed by atoms with Crippen molar-refractivity contribution < 1.29 is 9.59 Å². The second-order valence-electron chi connectivity index (χ2n) is 8.00. The first-order valence-electron chi connectivity index (χ1n) is 9.85. The van der Waals surface area contributed by atoms with E-state index in [9.17, 15) is 9.59 Å². The van der Waals surface area contributed by atoms with Crippen molar-refractivity contribution in [2.75, 3.05) is 5.32 Å². The first-order valence-corrected chi connectivity index (χ1v) is 10.6. The number of halogens is 2. The number of hydrogen-bond acceptors (Lipinski definition) is 2. The van der Waals surface area contributed by atoms with Crippen LogP contribution in [0.3, 0.4) is 0 Å². The Morgan fingerprint density at radius 1 is 1.03 bits per heavy atom. The van der Waals surface area contributed by atoms with Gasteiger partial charge >= 0.3 is 0 Å². The van der Waals surface area contributed by atoms with E-state index in [0.29, 0.717) is 15.7 Å². The Kier molecular flexibility index (Phi) is 4.45. The lowest BCUT2D eigenvalue weighted by Gasteiger charge is -2.47. The summed E-state index contributed by atoms with van der Waals surface area (Å²) in [5.74, 6) is -0.477. The van der Waals surface area contributed by atoms with Gasteiger partial charge in [-0.2, -0.15) is 0 Å². The van der Waals surface area contributed by atoms with Crippen molar-refractivity contribution in [2.45, 2.75) is 43.1 Å². The number of anilines is 1. The van der Waals surface area contributed by atoms with Crippen LogP contribution in [0.2, 0.25) is 10.0 Å². The van der Waals surface area contributed by atoms with E-state index in [0.717, 1.165) is 36.0 Å². The van der Waals surface area contributed by atoms with Crippen LogP contribution in [0.1, 0.15) is 42.7 Å². The molecule has 0 radical (unpaired) electrons. The van der Waals surface area contributed by atoms with Crippen molar-refractivity contribution >= 4 is 40.7 Å². The zero-order chi connectivity index (χ0) is 20.2. The normalized spacial score (nSPS) is 28.1. The van der Waals surface area contributed by atoms with Crippen LogP contribution in [0.25, 0.3) is 0 Å². The summed E-state index contributed by atoms with van der Waals surface area (Å²) in [7, 11) is 0. The van der Waals surface area contributed by atoms with E-state index in [1.165, 1.54) is 0 Å². The van der Waals surface area contributed by atoms with E-state index in [4.69, 9.17) is 23.2 Å². The van der Waals surface area contributed by atoms with Crippen LogP contribution < -0.4 is 10.6 Å². The molecule has 2 N–H and O–H groups in total. The number of fused-ring (bicyclic) bond motifs is 2. The molecule has 148 valence electrons. The van der Waals surface area contributed by atoms with Crippen molar-refractivity contribution in [3.63, 3.8) is 0 Å². The van der Waals surface area contributed by atoms with Gasteiger partial charge in [-0.25, -0.2) is 0 Å². The molecule has 0 unspecified atom stereocenters. The highest BCUT2D eigenvalue weighted by atomic mass is 35.5. The Hall–Kier alpha value is -2.30. The average molecular weight is 427 g/mol. The van der Waals surface area contributed by atoms with Crippen LogP contribution in [0.15, 0.2) is 54.1 Å². The molecule has 2 aromatic rings. The SMILES string of the molecule is O=C1C[C@@H](c2cccc(Cl)c2)[C@]2(C(=O)Nc3cc(Cl)ccc32)[C@@H](C2=CCCC2)N1. The summed E-state index contributed by atoms with van der Waals surface area (Å²) >= 11 is 12.5. The maximum absolute atomic E-state index is 13.7. The molecule has 6 heteroatoms. The fourth-order valence-corrected chi connectivity index (χ4v) is 5.66. The Labute approximate surface area is 179 Å². The third-order valence-corrected chi connectivity index (χ3v) is 6.92. The van der Waals surface area contributed by atoms with Crippen LogP contribution in [-0.4, -0.2) is 17.9 Å². The molecular weight excluding hydrogens is 407 g/mol. The third kappa shape index (κ3) is 2.81. The van der Waals surface area contributed by atoms with Crippen LogP contribution >= 0.6 is 23.2 Å². The Morgan fingerprint density at radius 2 is 1.86 bits per heavy atom. The summed E-state index contributed by atoms with van der Waals surface area (Å²) in [6.45, 7) is 0. The van der Waals surface area contributed by atoms with E-state index in [1.807, 2.05) is 30.3 Å². The molecule has 1 aliphatic carbocycles. The predicted octanol–water partition coefficient (Wildman–Crippen LogP) is 4.97. The van der Waals surface area contributed by atoms with Gasteiger partial charge < -0.3 is 10.6 Å². The molecule has 1 saturated heterocycles. The van der Waals surface area contributed by atoms with Crippen molar-refractivity contribution in [3.05, 3.63) is 75.3 Å². The van der Waals surface area contributed by atoms with E-state index in [-0.39, 0.29) is 24.2 Å². The number of nitrogens with one attached hydrogen (secondary N) is 2. The van der Waals surface area contributed by atoms with Gasteiger partial charge in [-0.15, -0.1) is 0 Å². The molecule has 0 aromatic heterocycles. The molecule has 2 aromatic carbocycles. The summed E-state index contributed by atoms with van der Waals surface area (Å²) in [6, 6.07) is 12.6. The Balaban J connectivity index is 1.78. The molecule has 3 atom stereocenters. The van der Waals surface area contributed by atoms with Gasteiger partial charge in [0.25, 0.3) is 0 Å². The standard InChI is InChI=1S/C23H20Cl2N2O2/c24-15-7-3-6-14(10-15)18-12-20(28)27-21(13-4-1-2-5-13)23(18)17-9-8-16(25)11-19(17)26-22(23)29/h3-4,6-11,18,21H,1-2,5,12H2,(H,26,29)(H,27,28)/t18-,21+,23-/m0/s1. The molecule has 2 aliphatic heterocycles. The van der Waals surface area contributed by atoms with Gasteiger partial charge in [0.1, 0.15) is 5.41 Å². The summed E-state index contributed by atoms with van der Waals surface area (Å²) in [5, 5.41) is 7.36. The Bertz CT molecular complexity index is 1060. The van der Waals surface area contributed by atoms with Crippen molar-refractivity contribution in [1.29, 1.82) is 0 Å². The maximum Gasteiger partial charge on any atom is 0.238 e. The number of hydrogen-bond donors (Lipinski definition) is 2. The number of carbonyl (C=O) groups is 2.